The van der Waals surface area contributed by atoms with Crippen LogP contribution in [0.3, 0.4) is 0 Å². The molecule has 32 heavy (non-hydrogen) atoms. The van der Waals surface area contributed by atoms with Crippen molar-refractivity contribution in [2.45, 2.75) is 51.3 Å². The lowest BCUT2D eigenvalue weighted by Gasteiger charge is -2.17. The van der Waals surface area contributed by atoms with E-state index in [0.29, 0.717) is 17.2 Å². The van der Waals surface area contributed by atoms with Gasteiger partial charge in [0.25, 0.3) is 0 Å². The zero-order chi connectivity index (χ0) is 22.9. The van der Waals surface area contributed by atoms with Crippen LogP contribution in [0.15, 0.2) is 42.5 Å². The van der Waals surface area contributed by atoms with Crippen LogP contribution in [0, 0.1) is 17.2 Å². The predicted molar refractivity (Wildman–Crippen MR) is 128 cm³/mol. The average Bonchev–Trinajstić information content (AvgIpc) is 3.40. The number of benzene rings is 2. The highest BCUT2D eigenvalue weighted by atomic mass is 32.2. The van der Waals surface area contributed by atoms with Crippen molar-refractivity contribution in [2.75, 3.05) is 11.8 Å². The summed E-state index contributed by atoms with van der Waals surface area (Å²) in [5, 5.41) is 10.5. The van der Waals surface area contributed by atoms with Gasteiger partial charge in [-0.25, -0.2) is 8.42 Å². The lowest BCUT2D eigenvalue weighted by molar-refractivity contribution is 0.415. The van der Waals surface area contributed by atoms with Crippen LogP contribution in [0.2, 0.25) is 0 Å². The minimum Gasteiger partial charge on any atom is -0.497 e. The molecule has 0 bridgehead atoms. The third-order valence-corrected chi connectivity index (χ3v) is 8.10. The van der Waals surface area contributed by atoms with Gasteiger partial charge in [0.05, 0.1) is 29.1 Å². The van der Waals surface area contributed by atoms with Crippen molar-refractivity contribution in [2.24, 2.45) is 5.92 Å². The van der Waals surface area contributed by atoms with E-state index in [4.69, 9.17) is 4.74 Å². The number of nitrogens with zero attached hydrogens (tertiary/aromatic N) is 2. The molecule has 1 N–H and O–H groups in total. The van der Waals surface area contributed by atoms with Crippen LogP contribution in [0.4, 0.5) is 5.69 Å². The molecule has 1 heterocycles. The molecule has 1 aromatic heterocycles. The summed E-state index contributed by atoms with van der Waals surface area (Å²) < 4.78 is 34.7. The van der Waals surface area contributed by atoms with Gasteiger partial charge in [-0.2, -0.15) is 5.26 Å². The van der Waals surface area contributed by atoms with Gasteiger partial charge in [0, 0.05) is 23.7 Å². The van der Waals surface area contributed by atoms with Crippen molar-refractivity contribution in [3.63, 3.8) is 0 Å². The molecule has 0 unspecified atom stereocenters. The van der Waals surface area contributed by atoms with Gasteiger partial charge in [-0.15, -0.1) is 0 Å². The zero-order valence-electron chi connectivity index (χ0n) is 18.8. The summed E-state index contributed by atoms with van der Waals surface area (Å²) in [5.74, 6) is 1.34. The lowest BCUT2D eigenvalue weighted by atomic mass is 10.0. The summed E-state index contributed by atoms with van der Waals surface area (Å²) in [6.07, 6.45) is 4.89. The van der Waals surface area contributed by atoms with Gasteiger partial charge < -0.3 is 9.30 Å². The smallest absolute Gasteiger partial charge is 0.235 e. The number of hydrogen-bond acceptors (Lipinski definition) is 4. The standard InChI is InChI=1S/C25H29N3O3S/c1-17(2)32(29,30)27-20-10-8-19(9-11-20)25-23(15-26)22-13-12-21(31-3)14-24(22)28(25)16-18-6-4-5-7-18/h8-14,17-18,27H,4-7,16H2,1-3H3. The van der Waals surface area contributed by atoms with E-state index in [1.54, 1.807) is 33.1 Å². The van der Waals surface area contributed by atoms with Crippen LogP contribution < -0.4 is 9.46 Å². The van der Waals surface area contributed by atoms with Crippen molar-refractivity contribution in [3.05, 3.63) is 48.0 Å². The molecule has 0 saturated heterocycles. The van der Waals surface area contributed by atoms with E-state index in [0.717, 1.165) is 34.5 Å². The Labute approximate surface area is 189 Å². The highest BCUT2D eigenvalue weighted by molar-refractivity contribution is 7.93. The Balaban J connectivity index is 1.82. The molecule has 1 aliphatic rings. The van der Waals surface area contributed by atoms with Gasteiger partial charge in [-0.1, -0.05) is 25.0 Å². The van der Waals surface area contributed by atoms with E-state index in [1.807, 2.05) is 30.3 Å². The number of ether oxygens (including phenoxy) is 1. The third-order valence-electron chi connectivity index (χ3n) is 6.34. The van der Waals surface area contributed by atoms with Crippen LogP contribution in [-0.2, 0) is 16.6 Å². The number of hydrogen-bond donors (Lipinski definition) is 1. The van der Waals surface area contributed by atoms with E-state index < -0.39 is 15.3 Å². The number of rotatable bonds is 7. The van der Waals surface area contributed by atoms with E-state index in [-0.39, 0.29) is 0 Å². The van der Waals surface area contributed by atoms with Crippen molar-refractivity contribution >= 4 is 26.6 Å². The second-order valence-electron chi connectivity index (χ2n) is 8.75. The van der Waals surface area contributed by atoms with Crippen molar-refractivity contribution in [1.29, 1.82) is 5.26 Å². The number of anilines is 1. The molecule has 168 valence electrons. The molecule has 4 rings (SSSR count). The molecule has 0 amide bonds. The molecule has 2 aromatic carbocycles. The predicted octanol–water partition coefficient (Wildman–Crippen LogP) is 5.53. The summed E-state index contributed by atoms with van der Waals surface area (Å²) in [6, 6.07) is 15.5. The fraction of sp³-hybridized carbons (Fsp3) is 0.400. The van der Waals surface area contributed by atoms with Gasteiger partial charge >= 0.3 is 0 Å². The molecular formula is C25H29N3O3S. The number of methoxy groups -OCH3 is 1. The van der Waals surface area contributed by atoms with Crippen LogP contribution in [0.5, 0.6) is 5.75 Å². The first-order chi connectivity index (χ1) is 15.3. The topological polar surface area (TPSA) is 84.1 Å². The van der Waals surface area contributed by atoms with E-state index in [9.17, 15) is 13.7 Å². The third kappa shape index (κ3) is 4.20. The van der Waals surface area contributed by atoms with Gasteiger partial charge in [0.2, 0.25) is 10.0 Å². The summed E-state index contributed by atoms with van der Waals surface area (Å²) in [7, 11) is -1.77. The van der Waals surface area contributed by atoms with E-state index >= 15 is 0 Å². The molecule has 0 radical (unpaired) electrons. The minimum atomic E-state index is -3.42. The Morgan fingerprint density at radius 3 is 2.44 bits per heavy atom. The van der Waals surface area contributed by atoms with Crippen LogP contribution in [0.1, 0.15) is 45.1 Å². The Kier molecular flexibility index (Phi) is 6.16. The second kappa shape index (κ2) is 8.87. The number of nitrogens with one attached hydrogen (secondary N) is 1. The van der Waals surface area contributed by atoms with Crippen LogP contribution in [0.25, 0.3) is 22.2 Å². The first kappa shape index (κ1) is 22.2. The number of aromatic nitrogens is 1. The van der Waals surface area contributed by atoms with Crippen molar-refractivity contribution in [3.8, 4) is 23.1 Å². The minimum absolute atomic E-state index is 0.515. The van der Waals surface area contributed by atoms with E-state index in [1.165, 1.54) is 25.7 Å². The maximum Gasteiger partial charge on any atom is 0.235 e. The second-order valence-corrected chi connectivity index (χ2v) is 11.0. The SMILES string of the molecule is COc1ccc2c(C#N)c(-c3ccc(NS(=O)(=O)C(C)C)cc3)n(CC3CCCC3)c2c1. The first-order valence-electron chi connectivity index (χ1n) is 11.1. The molecule has 1 aliphatic carbocycles. The molecule has 0 atom stereocenters. The molecule has 0 aliphatic heterocycles. The van der Waals surface area contributed by atoms with E-state index in [2.05, 4.69) is 15.4 Å². The van der Waals surface area contributed by atoms with Gasteiger partial charge in [0.15, 0.2) is 0 Å². The van der Waals surface area contributed by atoms with Gasteiger partial charge in [0.1, 0.15) is 11.8 Å². The Hall–Kier alpha value is -2.98. The van der Waals surface area contributed by atoms with Crippen molar-refractivity contribution in [1.82, 2.24) is 4.57 Å². The molecule has 1 fully saturated rings. The quantitative estimate of drug-likeness (QED) is 0.512. The summed E-state index contributed by atoms with van der Waals surface area (Å²) in [6.45, 7) is 4.14. The maximum absolute atomic E-state index is 12.2. The fourth-order valence-electron chi connectivity index (χ4n) is 4.49. The highest BCUT2D eigenvalue weighted by Crippen LogP contribution is 2.38. The van der Waals surface area contributed by atoms with Crippen LogP contribution in [-0.4, -0.2) is 25.3 Å². The first-order valence-corrected chi connectivity index (χ1v) is 12.6. The number of nitriles is 1. The zero-order valence-corrected chi connectivity index (χ0v) is 19.6. The normalized spacial score (nSPS) is 14.7. The van der Waals surface area contributed by atoms with Gasteiger partial charge in [-0.05, 0) is 62.4 Å². The van der Waals surface area contributed by atoms with Crippen molar-refractivity contribution < 1.29 is 13.2 Å². The highest BCUT2D eigenvalue weighted by Gasteiger charge is 2.23. The Bertz CT molecular complexity index is 1260. The van der Waals surface area contributed by atoms with Gasteiger partial charge in [-0.3, -0.25) is 4.72 Å². The Morgan fingerprint density at radius 2 is 1.84 bits per heavy atom. The summed E-state index contributed by atoms with van der Waals surface area (Å²) in [5.41, 5.74) is 3.91. The fourth-order valence-corrected chi connectivity index (χ4v) is 5.19. The number of sulfonamides is 1. The summed E-state index contributed by atoms with van der Waals surface area (Å²) in [4.78, 5) is 0. The molecule has 0 spiro atoms. The molecule has 1 saturated carbocycles. The molecular weight excluding hydrogens is 422 g/mol. The Morgan fingerprint density at radius 1 is 1.16 bits per heavy atom. The summed E-state index contributed by atoms with van der Waals surface area (Å²) >= 11 is 0. The monoisotopic (exact) mass is 451 g/mol. The molecule has 3 aromatic rings. The molecule has 7 heteroatoms. The van der Waals surface area contributed by atoms with Crippen LogP contribution >= 0.6 is 0 Å². The maximum atomic E-state index is 12.2. The molecule has 6 nitrogen and oxygen atoms in total. The lowest BCUT2D eigenvalue weighted by Crippen LogP contribution is -2.22. The average molecular weight is 452 g/mol. The largest absolute Gasteiger partial charge is 0.497 e. The number of fused-ring (bicyclic) bond motifs is 1.